The molecular formula is C27H30ClNO2. The predicted molar refractivity (Wildman–Crippen MR) is 128 cm³/mol. The quantitative estimate of drug-likeness (QED) is 0.509. The Balaban J connectivity index is 0.00000231. The predicted octanol–water partition coefficient (Wildman–Crippen LogP) is 5.90. The average Bonchev–Trinajstić information content (AvgIpc) is 2.78. The van der Waals surface area contributed by atoms with Crippen molar-refractivity contribution in [2.24, 2.45) is 0 Å². The van der Waals surface area contributed by atoms with Crippen molar-refractivity contribution >= 4 is 12.4 Å². The first-order valence-corrected chi connectivity index (χ1v) is 10.8. The Hall–Kier alpha value is -2.49. The van der Waals surface area contributed by atoms with Gasteiger partial charge in [0.2, 0.25) is 0 Å². The van der Waals surface area contributed by atoms with E-state index in [1.807, 2.05) is 0 Å². The highest BCUT2D eigenvalue weighted by molar-refractivity contribution is 5.85. The van der Waals surface area contributed by atoms with E-state index in [2.05, 4.69) is 72.5 Å². The molecule has 2 aliphatic rings. The SMILES string of the molecule is COc1cc2c(cc1OC)[C@@H]1c3cc(C)ccc3CN(Cc3ccccc3)[C@H]1CC2.Cl. The van der Waals surface area contributed by atoms with Crippen molar-refractivity contribution in [2.45, 2.75) is 44.8 Å². The molecule has 0 saturated carbocycles. The smallest absolute Gasteiger partial charge is 0.161 e. The summed E-state index contributed by atoms with van der Waals surface area (Å²) in [6.45, 7) is 4.19. The summed E-state index contributed by atoms with van der Waals surface area (Å²) in [5, 5.41) is 0. The highest BCUT2D eigenvalue weighted by Gasteiger charge is 2.40. The molecule has 5 rings (SSSR count). The molecule has 1 heterocycles. The Labute approximate surface area is 191 Å². The molecule has 1 aliphatic carbocycles. The van der Waals surface area contributed by atoms with Gasteiger partial charge in [-0.2, -0.15) is 0 Å². The van der Waals surface area contributed by atoms with Crippen LogP contribution >= 0.6 is 12.4 Å². The minimum atomic E-state index is 0. The first-order valence-electron chi connectivity index (χ1n) is 10.8. The number of hydrogen-bond donors (Lipinski definition) is 0. The van der Waals surface area contributed by atoms with Gasteiger partial charge >= 0.3 is 0 Å². The maximum atomic E-state index is 5.68. The molecule has 162 valence electrons. The van der Waals surface area contributed by atoms with Crippen LogP contribution < -0.4 is 9.47 Å². The van der Waals surface area contributed by atoms with E-state index in [9.17, 15) is 0 Å². The Bertz CT molecular complexity index is 1070. The molecule has 3 nitrogen and oxygen atoms in total. The third kappa shape index (κ3) is 3.93. The summed E-state index contributed by atoms with van der Waals surface area (Å²) in [5.74, 6) is 2.02. The lowest BCUT2D eigenvalue weighted by molar-refractivity contribution is 0.132. The summed E-state index contributed by atoms with van der Waals surface area (Å²) >= 11 is 0. The van der Waals surface area contributed by atoms with Crippen LogP contribution in [0.15, 0.2) is 60.7 Å². The van der Waals surface area contributed by atoms with Crippen molar-refractivity contribution in [1.29, 1.82) is 0 Å². The summed E-state index contributed by atoms with van der Waals surface area (Å²) < 4.78 is 11.3. The van der Waals surface area contributed by atoms with Gasteiger partial charge < -0.3 is 9.47 Å². The zero-order chi connectivity index (χ0) is 20.7. The summed E-state index contributed by atoms with van der Waals surface area (Å²) in [4.78, 5) is 2.68. The minimum absolute atomic E-state index is 0. The highest BCUT2D eigenvalue weighted by atomic mass is 35.5. The number of nitrogens with zero attached hydrogens (tertiary/aromatic N) is 1. The first kappa shape index (κ1) is 21.7. The average molecular weight is 436 g/mol. The number of halogens is 1. The lowest BCUT2D eigenvalue weighted by Gasteiger charge is -2.46. The number of methoxy groups -OCH3 is 2. The van der Waals surface area contributed by atoms with Gasteiger partial charge in [-0.25, -0.2) is 0 Å². The van der Waals surface area contributed by atoms with Crippen molar-refractivity contribution in [3.05, 3.63) is 94.0 Å². The molecule has 3 aromatic carbocycles. The second-order valence-corrected chi connectivity index (χ2v) is 8.58. The normalized spacial score (nSPS) is 19.5. The number of benzene rings is 3. The van der Waals surface area contributed by atoms with Gasteiger partial charge in [0, 0.05) is 25.0 Å². The number of ether oxygens (including phenoxy) is 2. The van der Waals surface area contributed by atoms with Crippen LogP contribution in [0.1, 0.15) is 45.7 Å². The van der Waals surface area contributed by atoms with Gasteiger partial charge in [0.15, 0.2) is 11.5 Å². The number of hydrogen-bond acceptors (Lipinski definition) is 3. The molecule has 4 heteroatoms. The first-order chi connectivity index (χ1) is 14.7. The van der Waals surface area contributed by atoms with E-state index in [0.29, 0.717) is 12.0 Å². The fraction of sp³-hybridized carbons (Fsp3) is 0.333. The third-order valence-electron chi connectivity index (χ3n) is 6.78. The fourth-order valence-corrected chi connectivity index (χ4v) is 5.36. The Morgan fingerprint density at radius 1 is 0.871 bits per heavy atom. The molecule has 0 aromatic heterocycles. The molecule has 0 radical (unpaired) electrons. The Kier molecular flexibility index (Phi) is 6.27. The number of aryl methyl sites for hydroxylation is 2. The molecule has 0 unspecified atom stereocenters. The van der Waals surface area contributed by atoms with Crippen LogP contribution in [0.3, 0.4) is 0 Å². The maximum absolute atomic E-state index is 5.68. The van der Waals surface area contributed by atoms with Gasteiger partial charge in [-0.3, -0.25) is 4.90 Å². The van der Waals surface area contributed by atoms with Crippen LogP contribution in [-0.4, -0.2) is 25.2 Å². The van der Waals surface area contributed by atoms with E-state index in [-0.39, 0.29) is 12.4 Å². The van der Waals surface area contributed by atoms with Crippen molar-refractivity contribution < 1.29 is 9.47 Å². The van der Waals surface area contributed by atoms with Crippen LogP contribution in [0.5, 0.6) is 11.5 Å². The summed E-state index contributed by atoms with van der Waals surface area (Å²) in [5.41, 5.74) is 8.43. The van der Waals surface area contributed by atoms with Crippen molar-refractivity contribution in [3.8, 4) is 11.5 Å². The monoisotopic (exact) mass is 435 g/mol. The van der Waals surface area contributed by atoms with E-state index in [4.69, 9.17) is 9.47 Å². The van der Waals surface area contributed by atoms with E-state index in [0.717, 1.165) is 37.4 Å². The van der Waals surface area contributed by atoms with Crippen LogP contribution in [0.25, 0.3) is 0 Å². The van der Waals surface area contributed by atoms with Crippen LogP contribution in [0.2, 0.25) is 0 Å². The lowest BCUT2D eigenvalue weighted by atomic mass is 9.71. The number of rotatable bonds is 4. The van der Waals surface area contributed by atoms with Gasteiger partial charge in [0.25, 0.3) is 0 Å². The second-order valence-electron chi connectivity index (χ2n) is 8.58. The third-order valence-corrected chi connectivity index (χ3v) is 6.78. The van der Waals surface area contributed by atoms with Gasteiger partial charge in [0.1, 0.15) is 0 Å². The molecule has 0 saturated heterocycles. The fourth-order valence-electron chi connectivity index (χ4n) is 5.36. The van der Waals surface area contributed by atoms with Crippen LogP contribution in [0, 0.1) is 6.92 Å². The largest absolute Gasteiger partial charge is 0.493 e. The van der Waals surface area contributed by atoms with Gasteiger partial charge in [-0.1, -0.05) is 54.1 Å². The van der Waals surface area contributed by atoms with Gasteiger partial charge in [-0.15, -0.1) is 12.4 Å². The molecule has 0 amide bonds. The molecular weight excluding hydrogens is 406 g/mol. The standard InChI is InChI=1S/C27H29NO2.ClH/c1-18-9-10-21-17-28(16-19-7-5-4-6-8-19)24-12-11-20-14-25(29-2)26(30-3)15-23(20)27(24)22(21)13-18;/h4-10,13-15,24,27H,11-12,16-17H2,1-3H3;1H/t24-,27-;/m0./s1. The zero-order valence-electron chi connectivity index (χ0n) is 18.4. The van der Waals surface area contributed by atoms with E-state index >= 15 is 0 Å². The van der Waals surface area contributed by atoms with Crippen molar-refractivity contribution in [3.63, 3.8) is 0 Å². The van der Waals surface area contributed by atoms with Crippen molar-refractivity contribution in [2.75, 3.05) is 14.2 Å². The Morgan fingerprint density at radius 2 is 1.58 bits per heavy atom. The topological polar surface area (TPSA) is 21.7 Å². The molecule has 0 fully saturated rings. The molecule has 0 N–H and O–H groups in total. The van der Waals surface area contributed by atoms with E-state index in [1.54, 1.807) is 14.2 Å². The van der Waals surface area contributed by atoms with E-state index < -0.39 is 0 Å². The van der Waals surface area contributed by atoms with Gasteiger partial charge in [-0.05, 0) is 59.7 Å². The Morgan fingerprint density at radius 3 is 2.32 bits per heavy atom. The summed E-state index contributed by atoms with van der Waals surface area (Å²) in [6, 6.07) is 22.7. The number of fused-ring (bicyclic) bond motifs is 5. The van der Waals surface area contributed by atoms with Crippen LogP contribution in [0.4, 0.5) is 0 Å². The van der Waals surface area contributed by atoms with Crippen LogP contribution in [-0.2, 0) is 19.5 Å². The second kappa shape index (κ2) is 8.94. The lowest BCUT2D eigenvalue weighted by Crippen LogP contribution is -2.45. The van der Waals surface area contributed by atoms with E-state index in [1.165, 1.54) is 33.4 Å². The summed E-state index contributed by atoms with van der Waals surface area (Å²) in [6.07, 6.45) is 2.23. The van der Waals surface area contributed by atoms with Crippen molar-refractivity contribution in [1.82, 2.24) is 4.90 Å². The molecule has 1 aliphatic heterocycles. The zero-order valence-corrected chi connectivity index (χ0v) is 19.2. The molecule has 31 heavy (non-hydrogen) atoms. The summed E-state index contributed by atoms with van der Waals surface area (Å²) in [7, 11) is 3.45. The maximum Gasteiger partial charge on any atom is 0.161 e. The highest BCUT2D eigenvalue weighted by Crippen LogP contribution is 2.47. The van der Waals surface area contributed by atoms with Gasteiger partial charge in [0.05, 0.1) is 14.2 Å². The molecule has 2 atom stereocenters. The molecule has 0 bridgehead atoms. The molecule has 0 spiro atoms. The minimum Gasteiger partial charge on any atom is -0.493 e. The molecule has 3 aromatic rings.